The van der Waals surface area contributed by atoms with Crippen LogP contribution in [0.4, 0.5) is 13.2 Å². The molecule has 5 bridgehead atoms. The molecule has 9 nitrogen and oxygen atoms in total. The maximum atomic E-state index is 14.5. The van der Waals surface area contributed by atoms with Gasteiger partial charge in [0.25, 0.3) is 5.91 Å². The van der Waals surface area contributed by atoms with Crippen LogP contribution in [0.3, 0.4) is 0 Å². The van der Waals surface area contributed by atoms with Crippen LogP contribution in [-0.2, 0) is 23.9 Å². The van der Waals surface area contributed by atoms with Crippen molar-refractivity contribution >= 4 is 34.8 Å². The second-order valence-electron chi connectivity index (χ2n) is 12.2. The Kier molecular flexibility index (Phi) is 9.51. The van der Waals surface area contributed by atoms with Gasteiger partial charge in [0.2, 0.25) is 5.91 Å². The number of cyclic esters (lactones) is 1. The van der Waals surface area contributed by atoms with Crippen LogP contribution in [-0.4, -0.2) is 64.8 Å². The van der Waals surface area contributed by atoms with Crippen molar-refractivity contribution in [2.24, 2.45) is 11.3 Å². The number of hydrogen-bond acceptors (Lipinski definition) is 7. The van der Waals surface area contributed by atoms with Crippen molar-refractivity contribution in [1.82, 2.24) is 20.7 Å². The molecule has 1 aromatic heterocycles. The molecule has 1 fully saturated rings. The average molecular weight is 605 g/mol. The highest BCUT2D eigenvalue weighted by Crippen LogP contribution is 2.39. The molecule has 3 heterocycles. The minimum Gasteiger partial charge on any atom is -0.455 e. The summed E-state index contributed by atoms with van der Waals surface area (Å²) in [6.45, 7) is 9.34. The largest absolute Gasteiger partial charge is 0.455 e. The molecular formula is C31H39F3N4O5. The SMILES string of the molecule is CC(C)C1O[C@H](C(F)(F)F)C(C)(C)/C=C/c2ccc3ccc(nc3c2)[C@@H](C)OC(=O)[C@@H]2CCCN(N2)C(=O)[C@H](C)NC1=O. The minimum atomic E-state index is -4.80. The van der Waals surface area contributed by atoms with Gasteiger partial charge in [-0.3, -0.25) is 19.4 Å². The third-order valence-electron chi connectivity index (χ3n) is 7.74. The molecule has 2 amide bonds. The van der Waals surface area contributed by atoms with E-state index in [1.54, 1.807) is 51.1 Å². The topological polar surface area (TPSA) is 110 Å². The number of alkyl halides is 3. The number of nitrogens with one attached hydrogen (secondary N) is 2. The van der Waals surface area contributed by atoms with Crippen LogP contribution in [0.1, 0.15) is 71.7 Å². The van der Waals surface area contributed by atoms with Crippen molar-refractivity contribution in [3.05, 3.63) is 47.7 Å². The van der Waals surface area contributed by atoms with E-state index in [0.717, 1.165) is 5.39 Å². The van der Waals surface area contributed by atoms with Gasteiger partial charge < -0.3 is 14.8 Å². The summed E-state index contributed by atoms with van der Waals surface area (Å²) < 4.78 is 54.6. The maximum Gasteiger partial charge on any atom is 0.415 e. The summed E-state index contributed by atoms with van der Waals surface area (Å²) in [6.07, 6.45) is -5.43. The predicted octanol–water partition coefficient (Wildman–Crippen LogP) is 4.86. The Bertz CT molecular complexity index is 1390. The minimum absolute atomic E-state index is 0.272. The first-order valence-corrected chi connectivity index (χ1v) is 14.5. The van der Waals surface area contributed by atoms with Crippen LogP contribution in [0.25, 0.3) is 17.0 Å². The number of carbonyl (C=O) groups is 3. The summed E-state index contributed by atoms with van der Waals surface area (Å²) in [5.41, 5.74) is 2.99. The fourth-order valence-corrected chi connectivity index (χ4v) is 5.24. The number of aromatic nitrogens is 1. The van der Waals surface area contributed by atoms with Gasteiger partial charge in [-0.25, -0.2) is 10.4 Å². The molecule has 43 heavy (non-hydrogen) atoms. The molecule has 2 aliphatic rings. The molecule has 0 aliphatic carbocycles. The Hall–Kier alpha value is -3.51. The van der Waals surface area contributed by atoms with Crippen LogP contribution < -0.4 is 10.7 Å². The normalized spacial score (nSPS) is 28.5. The van der Waals surface area contributed by atoms with E-state index in [9.17, 15) is 27.6 Å². The summed E-state index contributed by atoms with van der Waals surface area (Å²) in [7, 11) is 0. The zero-order valence-corrected chi connectivity index (χ0v) is 25.2. The van der Waals surface area contributed by atoms with E-state index in [0.29, 0.717) is 29.6 Å². The lowest BCUT2D eigenvalue weighted by atomic mass is 9.84. The highest BCUT2D eigenvalue weighted by molar-refractivity contribution is 5.89. The van der Waals surface area contributed by atoms with E-state index in [2.05, 4.69) is 15.7 Å². The number of hydrazine groups is 1. The number of esters is 1. The summed E-state index contributed by atoms with van der Waals surface area (Å²) in [5, 5.41) is 4.56. The molecule has 12 heteroatoms. The monoisotopic (exact) mass is 604 g/mol. The molecule has 5 atom stereocenters. The van der Waals surface area contributed by atoms with Gasteiger partial charge in [-0.2, -0.15) is 13.2 Å². The van der Waals surface area contributed by atoms with Crippen molar-refractivity contribution in [3.63, 3.8) is 0 Å². The number of fused-ring (bicyclic) bond motifs is 4. The number of carbonyl (C=O) groups excluding carboxylic acids is 3. The highest BCUT2D eigenvalue weighted by atomic mass is 19.4. The van der Waals surface area contributed by atoms with Gasteiger partial charge in [-0.15, -0.1) is 0 Å². The van der Waals surface area contributed by atoms with Crippen molar-refractivity contribution in [1.29, 1.82) is 0 Å². The number of benzene rings is 1. The van der Waals surface area contributed by atoms with Crippen LogP contribution in [0, 0.1) is 11.3 Å². The Morgan fingerprint density at radius 2 is 1.79 bits per heavy atom. The number of amides is 2. The number of halogens is 3. The highest BCUT2D eigenvalue weighted by Gasteiger charge is 2.51. The summed E-state index contributed by atoms with van der Waals surface area (Å²) >= 11 is 0. The molecule has 0 radical (unpaired) electrons. The Labute approximate surface area is 249 Å². The Morgan fingerprint density at radius 1 is 1.09 bits per heavy atom. The van der Waals surface area contributed by atoms with E-state index in [1.807, 2.05) is 6.07 Å². The molecule has 2 N–H and O–H groups in total. The number of rotatable bonds is 1. The third kappa shape index (κ3) is 7.53. The molecule has 0 spiro atoms. The lowest BCUT2D eigenvalue weighted by Gasteiger charge is -2.37. The van der Waals surface area contributed by atoms with E-state index >= 15 is 0 Å². The fourth-order valence-electron chi connectivity index (χ4n) is 5.24. The van der Waals surface area contributed by atoms with Gasteiger partial charge >= 0.3 is 12.1 Å². The Balaban J connectivity index is 1.76. The van der Waals surface area contributed by atoms with Crippen molar-refractivity contribution in [2.45, 2.75) is 91.0 Å². The maximum absolute atomic E-state index is 14.5. The van der Waals surface area contributed by atoms with Gasteiger partial charge in [0.15, 0.2) is 6.10 Å². The van der Waals surface area contributed by atoms with Gasteiger partial charge in [-0.1, -0.05) is 58.0 Å². The zero-order valence-electron chi connectivity index (χ0n) is 25.2. The first-order chi connectivity index (χ1) is 20.1. The van der Waals surface area contributed by atoms with Gasteiger partial charge in [0, 0.05) is 17.3 Å². The summed E-state index contributed by atoms with van der Waals surface area (Å²) in [4.78, 5) is 44.2. The number of nitrogens with zero attached hydrogens (tertiary/aromatic N) is 2. The lowest BCUT2D eigenvalue weighted by molar-refractivity contribution is -0.258. The molecule has 234 valence electrons. The number of pyridine rings is 1. The molecule has 1 aromatic carbocycles. The van der Waals surface area contributed by atoms with E-state index in [1.165, 1.54) is 31.9 Å². The van der Waals surface area contributed by atoms with E-state index in [4.69, 9.17) is 9.47 Å². The van der Waals surface area contributed by atoms with Crippen molar-refractivity contribution in [2.75, 3.05) is 6.54 Å². The van der Waals surface area contributed by atoms with E-state index < -0.39 is 65.7 Å². The fraction of sp³-hybridized carbons (Fsp3) is 0.548. The van der Waals surface area contributed by atoms with Crippen LogP contribution in [0.2, 0.25) is 0 Å². The van der Waals surface area contributed by atoms with E-state index in [-0.39, 0.29) is 6.54 Å². The smallest absolute Gasteiger partial charge is 0.415 e. The predicted molar refractivity (Wildman–Crippen MR) is 154 cm³/mol. The molecule has 4 rings (SSSR count). The van der Waals surface area contributed by atoms with Crippen molar-refractivity contribution < 1.29 is 37.0 Å². The lowest BCUT2D eigenvalue weighted by Crippen LogP contribution is -2.60. The molecular weight excluding hydrogens is 565 g/mol. The van der Waals surface area contributed by atoms with Crippen LogP contribution in [0.15, 0.2) is 36.4 Å². The molecule has 2 aromatic rings. The number of ether oxygens (including phenoxy) is 2. The van der Waals surface area contributed by atoms with Gasteiger partial charge in [-0.05, 0) is 50.3 Å². The molecule has 0 saturated carbocycles. The first kappa shape index (κ1) is 32.4. The zero-order chi connectivity index (χ0) is 31.7. The quantitative estimate of drug-likeness (QED) is 0.448. The molecule has 1 unspecified atom stereocenters. The third-order valence-corrected chi connectivity index (χ3v) is 7.74. The first-order valence-electron chi connectivity index (χ1n) is 14.5. The van der Waals surface area contributed by atoms with Crippen molar-refractivity contribution in [3.8, 4) is 0 Å². The van der Waals surface area contributed by atoms with Crippen LogP contribution >= 0.6 is 0 Å². The number of hydrogen-bond donors (Lipinski definition) is 2. The van der Waals surface area contributed by atoms with Gasteiger partial charge in [0.1, 0.15) is 24.3 Å². The molecule has 2 aliphatic heterocycles. The standard InChI is InChI=1S/C31H39F3N4O5/c1-17(2)25-26(39)35-18(3)27(40)38-15-7-8-23(37-38)28(41)42-19(4)22-12-11-21-10-9-20(16-24(21)36-22)13-14-30(5,6)29(43-25)31(32,33)34/h9-14,16-19,23,25,29,37H,7-8,15H2,1-6H3,(H,35,39)/b14-13+/t18-,19+,23-,25?,29-/m0/s1. The second-order valence-corrected chi connectivity index (χ2v) is 12.2. The van der Waals surface area contributed by atoms with Gasteiger partial charge in [0.05, 0.1) is 11.2 Å². The summed E-state index contributed by atoms with van der Waals surface area (Å²) in [5.74, 6) is -2.58. The Morgan fingerprint density at radius 3 is 2.47 bits per heavy atom. The molecule has 1 saturated heterocycles. The second kappa shape index (κ2) is 12.6. The average Bonchev–Trinajstić information content (AvgIpc) is 2.93. The summed E-state index contributed by atoms with van der Waals surface area (Å²) in [6, 6.07) is 6.98. The van der Waals surface area contributed by atoms with Crippen LogP contribution in [0.5, 0.6) is 0 Å².